The fourth-order valence-electron chi connectivity index (χ4n) is 2.42. The van der Waals surface area contributed by atoms with Gasteiger partial charge in [-0.1, -0.05) is 26.0 Å². The molecule has 0 saturated carbocycles. The first-order valence-corrected chi connectivity index (χ1v) is 9.96. The van der Waals surface area contributed by atoms with E-state index in [1.165, 1.54) is 0 Å². The fourth-order valence-corrected chi connectivity index (χ4v) is 2.42. The maximum absolute atomic E-state index is 12.2. The number of likely N-dealkylation sites (N-methyl/N-ethyl adjacent to an activating group) is 1. The van der Waals surface area contributed by atoms with Gasteiger partial charge < -0.3 is 25.6 Å². The summed E-state index contributed by atoms with van der Waals surface area (Å²) in [4.78, 5) is 18.5. The number of nitrogens with one attached hydrogen (secondary N) is 3. The molecule has 7 heteroatoms. The van der Waals surface area contributed by atoms with Crippen molar-refractivity contribution in [3.8, 4) is 0 Å². The molecule has 0 fully saturated rings. The third-order valence-electron chi connectivity index (χ3n) is 3.93. The van der Waals surface area contributed by atoms with Gasteiger partial charge in [0, 0.05) is 52.0 Å². The average molecular weight is 392 g/mol. The van der Waals surface area contributed by atoms with Gasteiger partial charge in [0.1, 0.15) is 0 Å². The SMILES string of the molecule is CN=C(NCCCOCC(C)C)NCc1cccc(C(=O)NCCN(C)C)c1. The van der Waals surface area contributed by atoms with Crippen LogP contribution in [0.25, 0.3) is 0 Å². The van der Waals surface area contributed by atoms with Crippen molar-refractivity contribution in [1.82, 2.24) is 20.9 Å². The Bertz CT molecular complexity index is 602. The number of guanidine groups is 1. The summed E-state index contributed by atoms with van der Waals surface area (Å²) < 4.78 is 5.58. The molecule has 0 atom stereocenters. The van der Waals surface area contributed by atoms with E-state index >= 15 is 0 Å². The van der Waals surface area contributed by atoms with Gasteiger partial charge in [-0.3, -0.25) is 9.79 Å². The lowest BCUT2D eigenvalue weighted by atomic mass is 10.1. The smallest absolute Gasteiger partial charge is 0.251 e. The van der Waals surface area contributed by atoms with E-state index < -0.39 is 0 Å². The quantitative estimate of drug-likeness (QED) is 0.287. The molecule has 1 rings (SSSR count). The van der Waals surface area contributed by atoms with Crippen molar-refractivity contribution in [3.05, 3.63) is 35.4 Å². The van der Waals surface area contributed by atoms with Gasteiger partial charge in [0.15, 0.2) is 5.96 Å². The second-order valence-electron chi connectivity index (χ2n) is 7.43. The Balaban J connectivity index is 2.37. The van der Waals surface area contributed by atoms with Crippen LogP contribution in [0.5, 0.6) is 0 Å². The summed E-state index contributed by atoms with van der Waals surface area (Å²) in [6, 6.07) is 7.64. The number of aliphatic imine (C=N–C) groups is 1. The van der Waals surface area contributed by atoms with Crippen molar-refractivity contribution in [2.24, 2.45) is 10.9 Å². The maximum atomic E-state index is 12.2. The lowest BCUT2D eigenvalue weighted by Gasteiger charge is -2.13. The van der Waals surface area contributed by atoms with E-state index in [0.29, 0.717) is 24.6 Å². The van der Waals surface area contributed by atoms with Gasteiger partial charge in [0.05, 0.1) is 0 Å². The molecule has 0 aliphatic heterocycles. The van der Waals surface area contributed by atoms with Crippen LogP contribution in [0.3, 0.4) is 0 Å². The fraction of sp³-hybridized carbons (Fsp3) is 0.619. The highest BCUT2D eigenvalue weighted by Gasteiger charge is 2.06. The molecule has 0 bridgehead atoms. The standard InChI is InChI=1S/C21H37N5O2/c1-17(2)16-28-13-7-10-24-21(22-3)25-15-18-8-6-9-19(14-18)20(27)23-11-12-26(4)5/h6,8-9,14,17H,7,10-13,15-16H2,1-5H3,(H,23,27)(H2,22,24,25). The van der Waals surface area contributed by atoms with Crippen LogP contribution in [0.1, 0.15) is 36.2 Å². The molecule has 0 aliphatic carbocycles. The molecular weight excluding hydrogens is 354 g/mol. The highest BCUT2D eigenvalue weighted by atomic mass is 16.5. The van der Waals surface area contributed by atoms with Gasteiger partial charge in [-0.05, 0) is 44.1 Å². The van der Waals surface area contributed by atoms with Crippen molar-refractivity contribution in [2.45, 2.75) is 26.8 Å². The minimum absolute atomic E-state index is 0.0485. The molecule has 7 nitrogen and oxygen atoms in total. The predicted molar refractivity (Wildman–Crippen MR) is 116 cm³/mol. The van der Waals surface area contributed by atoms with Crippen molar-refractivity contribution >= 4 is 11.9 Å². The minimum atomic E-state index is -0.0485. The van der Waals surface area contributed by atoms with Crippen molar-refractivity contribution in [1.29, 1.82) is 0 Å². The van der Waals surface area contributed by atoms with E-state index in [4.69, 9.17) is 4.74 Å². The van der Waals surface area contributed by atoms with E-state index in [9.17, 15) is 4.79 Å². The molecule has 3 N–H and O–H groups in total. The average Bonchev–Trinajstić information content (AvgIpc) is 2.66. The molecule has 0 saturated heterocycles. The Morgan fingerprint density at radius 2 is 1.96 bits per heavy atom. The topological polar surface area (TPSA) is 78.0 Å². The molecule has 158 valence electrons. The Morgan fingerprint density at radius 3 is 2.64 bits per heavy atom. The molecule has 0 heterocycles. The second kappa shape index (κ2) is 14.0. The molecule has 0 aromatic heterocycles. The van der Waals surface area contributed by atoms with Crippen molar-refractivity contribution in [3.63, 3.8) is 0 Å². The summed E-state index contributed by atoms with van der Waals surface area (Å²) in [6.45, 7) is 8.68. The van der Waals surface area contributed by atoms with Gasteiger partial charge in [-0.25, -0.2) is 0 Å². The van der Waals surface area contributed by atoms with Gasteiger partial charge in [-0.2, -0.15) is 0 Å². The first-order chi connectivity index (χ1) is 13.4. The Hall–Kier alpha value is -2.12. The zero-order valence-corrected chi connectivity index (χ0v) is 18.0. The minimum Gasteiger partial charge on any atom is -0.381 e. The first kappa shape index (κ1) is 23.9. The van der Waals surface area contributed by atoms with Crippen LogP contribution in [0.2, 0.25) is 0 Å². The Labute approximate surface area is 169 Å². The monoisotopic (exact) mass is 391 g/mol. The number of carbonyl (C=O) groups is 1. The molecule has 0 aliphatic rings. The van der Waals surface area contributed by atoms with E-state index in [-0.39, 0.29) is 5.91 Å². The Kier molecular flexibility index (Phi) is 11.9. The number of hydrogen-bond acceptors (Lipinski definition) is 4. The van der Waals surface area contributed by atoms with E-state index in [0.717, 1.165) is 44.2 Å². The van der Waals surface area contributed by atoms with Crippen molar-refractivity contribution in [2.75, 3.05) is 54.0 Å². The summed E-state index contributed by atoms with van der Waals surface area (Å²) in [6.07, 6.45) is 0.927. The third kappa shape index (κ3) is 10.9. The van der Waals surface area contributed by atoms with Crippen molar-refractivity contribution < 1.29 is 9.53 Å². The second-order valence-corrected chi connectivity index (χ2v) is 7.43. The van der Waals surface area contributed by atoms with E-state index in [1.807, 2.05) is 43.3 Å². The zero-order chi connectivity index (χ0) is 20.8. The highest BCUT2D eigenvalue weighted by Crippen LogP contribution is 2.05. The summed E-state index contributed by atoms with van der Waals surface area (Å²) in [5, 5.41) is 9.49. The number of hydrogen-bond donors (Lipinski definition) is 3. The molecule has 28 heavy (non-hydrogen) atoms. The summed E-state index contributed by atoms with van der Waals surface area (Å²) in [5.74, 6) is 1.26. The first-order valence-electron chi connectivity index (χ1n) is 9.96. The maximum Gasteiger partial charge on any atom is 0.251 e. The van der Waals surface area contributed by atoms with Gasteiger partial charge in [0.2, 0.25) is 0 Å². The lowest BCUT2D eigenvalue weighted by molar-refractivity contribution is 0.0951. The number of benzene rings is 1. The largest absolute Gasteiger partial charge is 0.381 e. The molecule has 0 unspecified atom stereocenters. The van der Waals surface area contributed by atoms with Crippen LogP contribution in [-0.4, -0.2) is 70.8 Å². The number of ether oxygens (including phenoxy) is 1. The summed E-state index contributed by atoms with van der Waals surface area (Å²) in [7, 11) is 5.72. The number of nitrogens with zero attached hydrogens (tertiary/aromatic N) is 2. The molecule has 0 radical (unpaired) electrons. The summed E-state index contributed by atoms with van der Waals surface area (Å²) in [5.41, 5.74) is 1.70. The normalized spacial score (nSPS) is 11.8. The molecule has 0 spiro atoms. The number of rotatable bonds is 12. The van der Waals surface area contributed by atoms with Gasteiger partial charge in [0.25, 0.3) is 5.91 Å². The van der Waals surface area contributed by atoms with Crippen LogP contribution >= 0.6 is 0 Å². The van der Waals surface area contributed by atoms with Gasteiger partial charge >= 0.3 is 0 Å². The van der Waals surface area contributed by atoms with E-state index in [1.54, 1.807) is 7.05 Å². The van der Waals surface area contributed by atoms with Crippen LogP contribution < -0.4 is 16.0 Å². The third-order valence-corrected chi connectivity index (χ3v) is 3.93. The van der Waals surface area contributed by atoms with Gasteiger partial charge in [-0.15, -0.1) is 0 Å². The molecule has 1 aromatic rings. The van der Waals surface area contributed by atoms with Crippen LogP contribution in [0, 0.1) is 5.92 Å². The highest BCUT2D eigenvalue weighted by molar-refractivity contribution is 5.94. The molecule has 1 amide bonds. The predicted octanol–water partition coefficient (Wildman–Crippen LogP) is 1.71. The molecular formula is C21H37N5O2. The zero-order valence-electron chi connectivity index (χ0n) is 18.0. The van der Waals surface area contributed by atoms with E-state index in [2.05, 4.69) is 34.8 Å². The van der Waals surface area contributed by atoms with Crippen LogP contribution in [0.15, 0.2) is 29.3 Å². The lowest BCUT2D eigenvalue weighted by Crippen LogP contribution is -2.37. The Morgan fingerprint density at radius 1 is 1.18 bits per heavy atom. The molecule has 1 aromatic carbocycles. The summed E-state index contributed by atoms with van der Waals surface area (Å²) >= 11 is 0. The number of amides is 1. The van der Waals surface area contributed by atoms with Crippen LogP contribution in [0.4, 0.5) is 0 Å². The van der Waals surface area contributed by atoms with Crippen LogP contribution in [-0.2, 0) is 11.3 Å². The number of carbonyl (C=O) groups excluding carboxylic acids is 1.